The Morgan fingerprint density at radius 3 is 3.00 bits per heavy atom. The number of nitrogens with one attached hydrogen (secondary N) is 1. The molecule has 5 heteroatoms. The molecule has 2 amide bonds. The molecule has 2 fully saturated rings. The predicted molar refractivity (Wildman–Crippen MR) is 59.7 cm³/mol. The highest BCUT2D eigenvalue weighted by Crippen LogP contribution is 2.22. The number of thioether (sulfide) groups is 1. The molecule has 0 bridgehead atoms. The Bertz CT molecular complexity index is 264. The van der Waals surface area contributed by atoms with Crippen LogP contribution in [-0.2, 0) is 9.59 Å². The monoisotopic (exact) mass is 228 g/mol. The van der Waals surface area contributed by atoms with Crippen LogP contribution in [0.4, 0.5) is 0 Å². The molecule has 2 heterocycles. The summed E-state index contributed by atoms with van der Waals surface area (Å²) in [5.74, 6) is 2.30. The molecule has 0 aromatic carbocycles. The van der Waals surface area contributed by atoms with Gasteiger partial charge in [-0.2, -0.15) is 11.8 Å². The summed E-state index contributed by atoms with van der Waals surface area (Å²) >= 11 is 1.91. The van der Waals surface area contributed by atoms with Crippen LogP contribution in [0.5, 0.6) is 0 Å². The van der Waals surface area contributed by atoms with Crippen LogP contribution in [0, 0.1) is 0 Å². The van der Waals surface area contributed by atoms with E-state index < -0.39 is 0 Å². The zero-order valence-corrected chi connectivity index (χ0v) is 9.52. The molecule has 0 radical (unpaired) electrons. The standard InChI is InChI=1S/C10H16N2O2S/c13-9-3-4-12(10(14)6-11-9)8-2-1-5-15-7-8/h8H,1-7H2,(H,11,13). The summed E-state index contributed by atoms with van der Waals surface area (Å²) in [6.45, 7) is 0.774. The number of carbonyl (C=O) groups is 2. The van der Waals surface area contributed by atoms with Crippen molar-refractivity contribution >= 4 is 23.6 Å². The molecule has 0 saturated carbocycles. The summed E-state index contributed by atoms with van der Waals surface area (Å²) in [4.78, 5) is 24.8. The lowest BCUT2D eigenvalue weighted by Gasteiger charge is -2.32. The largest absolute Gasteiger partial charge is 0.347 e. The minimum absolute atomic E-state index is 0.00527. The van der Waals surface area contributed by atoms with Gasteiger partial charge in [-0.05, 0) is 18.6 Å². The van der Waals surface area contributed by atoms with Crippen molar-refractivity contribution in [3.8, 4) is 0 Å². The first kappa shape index (κ1) is 10.8. The van der Waals surface area contributed by atoms with Gasteiger partial charge in [0.05, 0.1) is 6.54 Å². The van der Waals surface area contributed by atoms with Crippen molar-refractivity contribution in [3.63, 3.8) is 0 Å². The Morgan fingerprint density at radius 1 is 1.40 bits per heavy atom. The highest BCUT2D eigenvalue weighted by Gasteiger charge is 2.27. The van der Waals surface area contributed by atoms with E-state index in [9.17, 15) is 9.59 Å². The van der Waals surface area contributed by atoms with Crippen molar-refractivity contribution in [2.45, 2.75) is 25.3 Å². The van der Waals surface area contributed by atoms with E-state index in [1.807, 2.05) is 16.7 Å². The minimum Gasteiger partial charge on any atom is -0.347 e. The first-order valence-electron chi connectivity index (χ1n) is 5.41. The van der Waals surface area contributed by atoms with E-state index >= 15 is 0 Å². The Morgan fingerprint density at radius 2 is 2.27 bits per heavy atom. The summed E-state index contributed by atoms with van der Waals surface area (Å²) in [7, 11) is 0. The molecular formula is C10H16N2O2S. The van der Waals surface area contributed by atoms with Gasteiger partial charge in [0.25, 0.3) is 0 Å². The van der Waals surface area contributed by atoms with Crippen LogP contribution in [0.1, 0.15) is 19.3 Å². The number of rotatable bonds is 1. The van der Waals surface area contributed by atoms with Gasteiger partial charge in [-0.25, -0.2) is 0 Å². The maximum atomic E-state index is 11.8. The van der Waals surface area contributed by atoms with Gasteiger partial charge >= 0.3 is 0 Å². The summed E-state index contributed by atoms with van der Waals surface area (Å²) in [5.41, 5.74) is 0. The summed E-state index contributed by atoms with van der Waals surface area (Å²) in [5, 5.41) is 2.63. The molecular weight excluding hydrogens is 212 g/mol. The molecule has 2 aliphatic rings. The summed E-state index contributed by atoms with van der Waals surface area (Å²) < 4.78 is 0. The van der Waals surface area contributed by atoms with Crippen molar-refractivity contribution in [3.05, 3.63) is 0 Å². The number of amides is 2. The molecule has 0 aromatic rings. The lowest BCUT2D eigenvalue weighted by Crippen LogP contribution is -2.45. The van der Waals surface area contributed by atoms with Gasteiger partial charge in [0.1, 0.15) is 0 Å². The minimum atomic E-state index is -0.00527. The van der Waals surface area contributed by atoms with Gasteiger partial charge in [-0.1, -0.05) is 0 Å². The van der Waals surface area contributed by atoms with E-state index in [1.54, 1.807) is 0 Å². The average molecular weight is 228 g/mol. The van der Waals surface area contributed by atoms with Crippen LogP contribution < -0.4 is 5.32 Å². The number of hydrogen-bond donors (Lipinski definition) is 1. The second-order valence-electron chi connectivity index (χ2n) is 3.98. The van der Waals surface area contributed by atoms with Gasteiger partial charge in [0.15, 0.2) is 0 Å². The van der Waals surface area contributed by atoms with E-state index in [-0.39, 0.29) is 18.4 Å². The molecule has 0 spiro atoms. The Hall–Kier alpha value is -0.710. The third kappa shape index (κ3) is 2.65. The third-order valence-corrected chi connectivity index (χ3v) is 4.11. The highest BCUT2D eigenvalue weighted by atomic mass is 32.2. The van der Waals surface area contributed by atoms with Gasteiger partial charge in [-0.3, -0.25) is 9.59 Å². The van der Waals surface area contributed by atoms with E-state index in [0.29, 0.717) is 19.0 Å². The fourth-order valence-corrected chi connectivity index (χ4v) is 3.22. The van der Waals surface area contributed by atoms with Crippen LogP contribution in [0.3, 0.4) is 0 Å². The molecule has 2 aliphatic heterocycles. The average Bonchev–Trinajstić information content (AvgIpc) is 2.43. The molecule has 1 N–H and O–H groups in total. The quantitative estimate of drug-likeness (QED) is 0.699. The van der Waals surface area contributed by atoms with E-state index in [1.165, 1.54) is 12.2 Å². The molecule has 1 atom stereocenters. The molecule has 2 rings (SSSR count). The Balaban J connectivity index is 1.99. The first-order chi connectivity index (χ1) is 7.27. The molecule has 1 unspecified atom stereocenters. The van der Waals surface area contributed by atoms with Gasteiger partial charge in [0, 0.05) is 24.8 Å². The topological polar surface area (TPSA) is 49.4 Å². The third-order valence-electron chi connectivity index (χ3n) is 2.91. The fraction of sp³-hybridized carbons (Fsp3) is 0.800. The fourth-order valence-electron chi connectivity index (χ4n) is 2.07. The van der Waals surface area contributed by atoms with Crippen molar-refractivity contribution < 1.29 is 9.59 Å². The second kappa shape index (κ2) is 4.88. The lowest BCUT2D eigenvalue weighted by molar-refractivity contribution is -0.131. The van der Waals surface area contributed by atoms with Gasteiger partial charge in [0.2, 0.25) is 11.8 Å². The van der Waals surface area contributed by atoms with Crippen molar-refractivity contribution in [1.29, 1.82) is 0 Å². The Labute approximate surface area is 93.8 Å². The van der Waals surface area contributed by atoms with Gasteiger partial charge < -0.3 is 10.2 Å². The predicted octanol–water partition coefficient (Wildman–Crippen LogP) is 0.230. The molecule has 0 aromatic heterocycles. The maximum Gasteiger partial charge on any atom is 0.242 e. The lowest BCUT2D eigenvalue weighted by atomic mass is 10.1. The van der Waals surface area contributed by atoms with Crippen molar-refractivity contribution in [1.82, 2.24) is 10.2 Å². The Kier molecular flexibility index (Phi) is 3.51. The number of hydrogen-bond acceptors (Lipinski definition) is 3. The SMILES string of the molecule is O=C1CCN(C2CCCSC2)C(=O)CN1. The van der Waals surface area contributed by atoms with Crippen LogP contribution in [-0.4, -0.2) is 47.4 Å². The van der Waals surface area contributed by atoms with E-state index in [2.05, 4.69) is 5.32 Å². The van der Waals surface area contributed by atoms with E-state index in [4.69, 9.17) is 0 Å². The number of carbonyl (C=O) groups excluding carboxylic acids is 2. The van der Waals surface area contributed by atoms with Crippen molar-refractivity contribution in [2.75, 3.05) is 24.6 Å². The van der Waals surface area contributed by atoms with Crippen LogP contribution in [0.15, 0.2) is 0 Å². The zero-order valence-electron chi connectivity index (χ0n) is 8.70. The second-order valence-corrected chi connectivity index (χ2v) is 5.13. The molecule has 2 saturated heterocycles. The van der Waals surface area contributed by atoms with Crippen LogP contribution in [0.2, 0.25) is 0 Å². The zero-order chi connectivity index (χ0) is 10.7. The maximum absolute atomic E-state index is 11.8. The van der Waals surface area contributed by atoms with Crippen LogP contribution >= 0.6 is 11.8 Å². The molecule has 4 nitrogen and oxygen atoms in total. The van der Waals surface area contributed by atoms with Crippen LogP contribution in [0.25, 0.3) is 0 Å². The summed E-state index contributed by atoms with van der Waals surface area (Å²) in [6.07, 6.45) is 2.72. The summed E-state index contributed by atoms with van der Waals surface area (Å²) in [6, 6.07) is 0.351. The van der Waals surface area contributed by atoms with Gasteiger partial charge in [-0.15, -0.1) is 0 Å². The molecule has 84 valence electrons. The first-order valence-corrected chi connectivity index (χ1v) is 6.57. The van der Waals surface area contributed by atoms with Crippen molar-refractivity contribution in [2.24, 2.45) is 0 Å². The number of nitrogens with zero attached hydrogens (tertiary/aromatic N) is 1. The normalized spacial score (nSPS) is 28.5. The smallest absolute Gasteiger partial charge is 0.242 e. The highest BCUT2D eigenvalue weighted by molar-refractivity contribution is 7.99. The molecule has 0 aliphatic carbocycles. The van der Waals surface area contributed by atoms with E-state index in [0.717, 1.165) is 12.2 Å². The molecule has 15 heavy (non-hydrogen) atoms.